The minimum absolute atomic E-state index is 0.199. The lowest BCUT2D eigenvalue weighted by atomic mass is 10.1. The van der Waals surface area contributed by atoms with Crippen molar-refractivity contribution in [1.29, 1.82) is 0 Å². The van der Waals surface area contributed by atoms with Crippen molar-refractivity contribution in [2.45, 2.75) is 0 Å². The summed E-state index contributed by atoms with van der Waals surface area (Å²) in [5.74, 6) is -3.65. The molecule has 0 atom stereocenters. The SMILES string of the molecule is COC1=CC(=O)c2nc(-c3cc(F)ccc3F)oc2C1=O. The van der Waals surface area contributed by atoms with Crippen LogP contribution in [0.15, 0.2) is 34.5 Å². The first-order valence-electron chi connectivity index (χ1n) is 5.82. The molecule has 0 N–H and O–H groups in total. The number of benzene rings is 1. The number of hydrogen-bond acceptors (Lipinski definition) is 5. The average Bonchev–Trinajstić information content (AvgIpc) is 2.91. The number of ketones is 2. The van der Waals surface area contributed by atoms with Crippen molar-refractivity contribution >= 4 is 11.6 Å². The first-order chi connectivity index (χ1) is 10.0. The quantitative estimate of drug-likeness (QED) is 0.850. The second-order valence-electron chi connectivity index (χ2n) is 4.23. The number of rotatable bonds is 2. The minimum atomic E-state index is -0.783. The van der Waals surface area contributed by atoms with Crippen LogP contribution in [0.3, 0.4) is 0 Å². The number of methoxy groups -OCH3 is 1. The summed E-state index contributed by atoms with van der Waals surface area (Å²) in [5, 5.41) is 0. The molecule has 2 aromatic rings. The van der Waals surface area contributed by atoms with Gasteiger partial charge in [0.2, 0.25) is 17.4 Å². The van der Waals surface area contributed by atoms with Gasteiger partial charge in [-0.05, 0) is 18.2 Å². The van der Waals surface area contributed by atoms with Crippen molar-refractivity contribution in [2.75, 3.05) is 7.11 Å². The van der Waals surface area contributed by atoms with Crippen LogP contribution in [0.2, 0.25) is 0 Å². The number of hydrogen-bond donors (Lipinski definition) is 0. The van der Waals surface area contributed by atoms with E-state index in [1.54, 1.807) is 0 Å². The van der Waals surface area contributed by atoms with E-state index < -0.39 is 23.2 Å². The standard InChI is InChI=1S/C14H7F2NO4/c1-20-10-5-9(18)11-13(12(10)19)21-14(17-11)7-4-6(15)2-3-8(7)16/h2-5H,1H3. The third-order valence-corrected chi connectivity index (χ3v) is 2.93. The highest BCUT2D eigenvalue weighted by Gasteiger charge is 2.33. The lowest BCUT2D eigenvalue weighted by molar-refractivity contribution is 0.0891. The fourth-order valence-corrected chi connectivity index (χ4v) is 1.93. The zero-order valence-corrected chi connectivity index (χ0v) is 10.6. The molecule has 0 amide bonds. The van der Waals surface area contributed by atoms with E-state index in [0.29, 0.717) is 0 Å². The Balaban J connectivity index is 2.15. The van der Waals surface area contributed by atoms with Crippen LogP contribution in [0.1, 0.15) is 21.0 Å². The fourth-order valence-electron chi connectivity index (χ4n) is 1.93. The zero-order valence-electron chi connectivity index (χ0n) is 10.6. The molecule has 0 unspecified atom stereocenters. The van der Waals surface area contributed by atoms with Gasteiger partial charge in [-0.2, -0.15) is 0 Å². The number of halogens is 2. The lowest BCUT2D eigenvalue weighted by Crippen LogP contribution is -2.16. The number of carbonyl (C=O) groups is 2. The third kappa shape index (κ3) is 2.03. The summed E-state index contributed by atoms with van der Waals surface area (Å²) in [6.45, 7) is 0. The van der Waals surface area contributed by atoms with E-state index in [1.807, 2.05) is 0 Å². The first-order valence-corrected chi connectivity index (χ1v) is 5.82. The molecule has 21 heavy (non-hydrogen) atoms. The predicted octanol–water partition coefficient (Wildman–Crippen LogP) is 2.53. The zero-order chi connectivity index (χ0) is 15.1. The van der Waals surface area contributed by atoms with Crippen molar-refractivity contribution in [3.63, 3.8) is 0 Å². The molecule has 0 saturated carbocycles. The summed E-state index contributed by atoms with van der Waals surface area (Å²) in [4.78, 5) is 27.5. The Morgan fingerprint density at radius 3 is 2.71 bits per heavy atom. The number of Topliss-reactive ketones (excluding diaryl/α,β-unsaturated/α-hetero) is 1. The molecule has 1 heterocycles. The Kier molecular flexibility index (Phi) is 2.90. The summed E-state index contributed by atoms with van der Waals surface area (Å²) >= 11 is 0. The average molecular weight is 291 g/mol. The molecular weight excluding hydrogens is 284 g/mol. The molecule has 106 valence electrons. The lowest BCUT2D eigenvalue weighted by Gasteiger charge is -2.06. The number of allylic oxidation sites excluding steroid dienone is 2. The second-order valence-corrected chi connectivity index (χ2v) is 4.23. The molecule has 0 aliphatic heterocycles. The molecule has 0 spiro atoms. The summed E-state index contributed by atoms with van der Waals surface area (Å²) in [7, 11) is 1.23. The molecule has 0 radical (unpaired) electrons. The minimum Gasteiger partial charge on any atom is -0.492 e. The molecule has 3 rings (SSSR count). The van der Waals surface area contributed by atoms with Crippen LogP contribution >= 0.6 is 0 Å². The first kappa shape index (κ1) is 13.2. The van der Waals surface area contributed by atoms with Crippen molar-refractivity contribution in [3.8, 4) is 11.5 Å². The number of ether oxygens (including phenoxy) is 1. The smallest absolute Gasteiger partial charge is 0.265 e. The summed E-state index contributed by atoms with van der Waals surface area (Å²) in [5.41, 5.74) is -0.525. The maximum Gasteiger partial charge on any atom is 0.265 e. The molecule has 1 aliphatic rings. The molecule has 7 heteroatoms. The van der Waals surface area contributed by atoms with Gasteiger partial charge >= 0.3 is 0 Å². The van der Waals surface area contributed by atoms with Crippen LogP contribution in [-0.4, -0.2) is 23.7 Å². The van der Waals surface area contributed by atoms with Crippen LogP contribution in [0.5, 0.6) is 0 Å². The molecule has 1 aromatic carbocycles. The van der Waals surface area contributed by atoms with E-state index in [2.05, 4.69) is 4.98 Å². The van der Waals surface area contributed by atoms with Gasteiger partial charge in [0.25, 0.3) is 5.78 Å². The maximum absolute atomic E-state index is 13.7. The predicted molar refractivity (Wildman–Crippen MR) is 65.6 cm³/mol. The molecule has 1 aliphatic carbocycles. The Morgan fingerprint density at radius 1 is 1.24 bits per heavy atom. The topological polar surface area (TPSA) is 69.4 Å². The van der Waals surface area contributed by atoms with E-state index in [1.165, 1.54) is 7.11 Å². The van der Waals surface area contributed by atoms with Crippen molar-refractivity contribution in [1.82, 2.24) is 4.98 Å². The molecule has 0 saturated heterocycles. The highest BCUT2D eigenvalue weighted by molar-refractivity contribution is 6.21. The third-order valence-electron chi connectivity index (χ3n) is 2.93. The normalized spacial score (nSPS) is 14.0. The second kappa shape index (κ2) is 4.62. The molecule has 0 bridgehead atoms. The van der Waals surface area contributed by atoms with Crippen LogP contribution < -0.4 is 0 Å². The number of nitrogens with zero attached hydrogens (tertiary/aromatic N) is 1. The van der Waals surface area contributed by atoms with Gasteiger partial charge in [-0.15, -0.1) is 0 Å². The van der Waals surface area contributed by atoms with Gasteiger partial charge in [-0.25, -0.2) is 13.8 Å². The van der Waals surface area contributed by atoms with Crippen LogP contribution in [0.4, 0.5) is 8.78 Å². The number of oxazole rings is 1. The van der Waals surface area contributed by atoms with Crippen molar-refractivity contribution in [2.24, 2.45) is 0 Å². The van der Waals surface area contributed by atoms with E-state index in [9.17, 15) is 18.4 Å². The molecule has 5 nitrogen and oxygen atoms in total. The fraction of sp³-hybridized carbons (Fsp3) is 0.0714. The number of aromatic nitrogens is 1. The van der Waals surface area contributed by atoms with Crippen LogP contribution in [-0.2, 0) is 4.74 Å². The van der Waals surface area contributed by atoms with E-state index >= 15 is 0 Å². The highest BCUT2D eigenvalue weighted by Crippen LogP contribution is 2.29. The Bertz CT molecular complexity index is 807. The highest BCUT2D eigenvalue weighted by atomic mass is 19.1. The van der Waals surface area contributed by atoms with Gasteiger partial charge in [0.05, 0.1) is 12.7 Å². The van der Waals surface area contributed by atoms with Gasteiger partial charge < -0.3 is 9.15 Å². The monoisotopic (exact) mass is 291 g/mol. The van der Waals surface area contributed by atoms with Crippen molar-refractivity contribution in [3.05, 3.63) is 53.1 Å². The summed E-state index contributed by atoms with van der Waals surface area (Å²) in [6.07, 6.45) is 0.971. The summed E-state index contributed by atoms with van der Waals surface area (Å²) < 4.78 is 36.8. The Hall–Kier alpha value is -2.83. The number of fused-ring (bicyclic) bond motifs is 1. The van der Waals surface area contributed by atoms with Crippen molar-refractivity contribution < 1.29 is 27.5 Å². The summed E-state index contributed by atoms with van der Waals surface area (Å²) in [6, 6.07) is 2.70. The van der Waals surface area contributed by atoms with Crippen LogP contribution in [0, 0.1) is 11.6 Å². The van der Waals surface area contributed by atoms with E-state index in [-0.39, 0.29) is 28.7 Å². The Morgan fingerprint density at radius 2 is 2.00 bits per heavy atom. The van der Waals surface area contributed by atoms with E-state index in [4.69, 9.17) is 9.15 Å². The maximum atomic E-state index is 13.7. The molecular formula is C14H7F2NO4. The largest absolute Gasteiger partial charge is 0.492 e. The Labute approximate surface area is 116 Å². The van der Waals surface area contributed by atoms with Gasteiger partial charge in [0, 0.05) is 6.08 Å². The van der Waals surface area contributed by atoms with E-state index in [0.717, 1.165) is 24.3 Å². The van der Waals surface area contributed by atoms with Gasteiger partial charge in [-0.3, -0.25) is 9.59 Å². The van der Waals surface area contributed by atoms with Gasteiger partial charge in [-0.1, -0.05) is 0 Å². The number of carbonyl (C=O) groups excluding carboxylic acids is 2. The molecule has 0 fully saturated rings. The van der Waals surface area contributed by atoms with Gasteiger partial charge in [0.15, 0.2) is 11.5 Å². The molecule has 1 aromatic heterocycles. The van der Waals surface area contributed by atoms with Crippen LogP contribution in [0.25, 0.3) is 11.5 Å². The van der Waals surface area contributed by atoms with Gasteiger partial charge in [0.1, 0.15) is 11.6 Å².